The number of benzene rings is 1. The quantitative estimate of drug-likeness (QED) is 0.770. The third-order valence-corrected chi connectivity index (χ3v) is 3.69. The molecule has 1 aromatic carbocycles. The Labute approximate surface area is 114 Å². The Morgan fingerprint density at radius 1 is 1.37 bits per heavy atom. The van der Waals surface area contributed by atoms with Gasteiger partial charge in [-0.05, 0) is 31.0 Å². The van der Waals surface area contributed by atoms with Crippen molar-refractivity contribution in [1.82, 2.24) is 0 Å². The number of rotatable bonds is 2. The van der Waals surface area contributed by atoms with E-state index in [1.165, 1.54) is 6.07 Å². The van der Waals surface area contributed by atoms with Gasteiger partial charge in [0.2, 0.25) is 0 Å². The molecule has 0 N–H and O–H groups in total. The predicted molar refractivity (Wildman–Crippen MR) is 67.8 cm³/mol. The average molecular weight is 292 g/mol. The molecule has 0 amide bonds. The van der Waals surface area contributed by atoms with E-state index in [0.717, 1.165) is 0 Å². The molecule has 1 aromatic rings. The second-order valence-electron chi connectivity index (χ2n) is 4.65. The monoisotopic (exact) mass is 291 g/mol. The lowest BCUT2D eigenvalue weighted by Gasteiger charge is -2.35. The molecular weight excluding hydrogens is 279 g/mol. The SMILES string of the molecule is O=Cc1ccc(N2CCCC(C(F)(F)F)C2)cc1Cl. The molecule has 1 saturated heterocycles. The van der Waals surface area contributed by atoms with Crippen LogP contribution >= 0.6 is 11.6 Å². The van der Waals surface area contributed by atoms with Gasteiger partial charge in [-0.3, -0.25) is 4.79 Å². The molecule has 0 saturated carbocycles. The number of hydrogen-bond donors (Lipinski definition) is 0. The lowest BCUT2D eigenvalue weighted by molar-refractivity contribution is -0.175. The first-order chi connectivity index (χ1) is 8.91. The first-order valence-electron chi connectivity index (χ1n) is 5.98. The zero-order valence-corrected chi connectivity index (χ0v) is 10.8. The summed E-state index contributed by atoms with van der Waals surface area (Å²) >= 11 is 5.89. The number of anilines is 1. The first kappa shape index (κ1) is 14.2. The van der Waals surface area contributed by atoms with Gasteiger partial charge in [-0.25, -0.2) is 0 Å². The van der Waals surface area contributed by atoms with E-state index in [4.69, 9.17) is 11.6 Å². The van der Waals surface area contributed by atoms with Crippen LogP contribution in [0.1, 0.15) is 23.2 Å². The number of aldehydes is 1. The number of carbonyl (C=O) groups is 1. The normalized spacial score (nSPS) is 20.4. The van der Waals surface area contributed by atoms with Crippen molar-refractivity contribution in [1.29, 1.82) is 0 Å². The molecule has 2 rings (SSSR count). The van der Waals surface area contributed by atoms with Crippen molar-refractivity contribution in [3.8, 4) is 0 Å². The highest BCUT2D eigenvalue weighted by molar-refractivity contribution is 6.33. The Balaban J connectivity index is 2.17. The lowest BCUT2D eigenvalue weighted by Crippen LogP contribution is -2.41. The molecule has 1 aliphatic heterocycles. The average Bonchev–Trinajstić information content (AvgIpc) is 2.38. The molecule has 0 radical (unpaired) electrons. The minimum Gasteiger partial charge on any atom is -0.371 e. The standard InChI is InChI=1S/C13H13ClF3NO/c14-12-6-11(4-3-9(12)8-19)18-5-1-2-10(7-18)13(15,16)17/h3-4,6,8,10H,1-2,5,7H2. The summed E-state index contributed by atoms with van der Waals surface area (Å²) < 4.78 is 38.2. The zero-order valence-electron chi connectivity index (χ0n) is 10.1. The van der Waals surface area contributed by atoms with Crippen LogP contribution in [0.5, 0.6) is 0 Å². The van der Waals surface area contributed by atoms with Crippen LogP contribution in [-0.4, -0.2) is 25.6 Å². The smallest absolute Gasteiger partial charge is 0.371 e. The number of halogens is 4. The minimum absolute atomic E-state index is 0.0553. The van der Waals surface area contributed by atoms with Gasteiger partial charge >= 0.3 is 6.18 Å². The molecule has 1 unspecified atom stereocenters. The molecule has 6 heteroatoms. The van der Waals surface area contributed by atoms with Crippen LogP contribution in [0.25, 0.3) is 0 Å². The maximum absolute atomic E-state index is 12.7. The van der Waals surface area contributed by atoms with Crippen LogP contribution in [0.3, 0.4) is 0 Å². The van der Waals surface area contributed by atoms with E-state index in [0.29, 0.717) is 30.5 Å². The van der Waals surface area contributed by atoms with Crippen LogP contribution in [0.15, 0.2) is 18.2 Å². The fourth-order valence-corrected chi connectivity index (χ4v) is 2.51. The fraction of sp³-hybridized carbons (Fsp3) is 0.462. The minimum atomic E-state index is -4.16. The van der Waals surface area contributed by atoms with Crippen LogP contribution in [0.2, 0.25) is 5.02 Å². The van der Waals surface area contributed by atoms with Crippen LogP contribution in [-0.2, 0) is 0 Å². The van der Waals surface area contributed by atoms with Crippen molar-refractivity contribution < 1.29 is 18.0 Å². The molecule has 1 atom stereocenters. The highest BCUT2D eigenvalue weighted by Gasteiger charge is 2.41. The molecule has 0 spiro atoms. The molecule has 1 fully saturated rings. The molecule has 0 aromatic heterocycles. The fourth-order valence-electron chi connectivity index (χ4n) is 2.29. The van der Waals surface area contributed by atoms with Crippen LogP contribution in [0, 0.1) is 5.92 Å². The zero-order chi connectivity index (χ0) is 14.0. The van der Waals surface area contributed by atoms with Crippen LogP contribution in [0.4, 0.5) is 18.9 Å². The summed E-state index contributed by atoms with van der Waals surface area (Å²) in [5.74, 6) is -1.30. The maximum Gasteiger partial charge on any atom is 0.393 e. The molecule has 19 heavy (non-hydrogen) atoms. The van der Waals surface area contributed by atoms with Gasteiger partial charge in [0.1, 0.15) is 0 Å². The number of nitrogens with zero attached hydrogens (tertiary/aromatic N) is 1. The molecule has 0 bridgehead atoms. The van der Waals surface area contributed by atoms with Crippen molar-refractivity contribution in [3.63, 3.8) is 0 Å². The van der Waals surface area contributed by atoms with E-state index in [1.54, 1.807) is 17.0 Å². The number of alkyl halides is 3. The van der Waals surface area contributed by atoms with E-state index in [-0.39, 0.29) is 18.0 Å². The summed E-state index contributed by atoms with van der Waals surface area (Å²) in [4.78, 5) is 12.3. The highest BCUT2D eigenvalue weighted by atomic mass is 35.5. The predicted octanol–water partition coefficient (Wildman–Crippen LogP) is 3.93. The summed E-state index contributed by atoms with van der Waals surface area (Å²) in [6.07, 6.45) is -2.87. The maximum atomic E-state index is 12.7. The highest BCUT2D eigenvalue weighted by Crippen LogP contribution is 2.35. The van der Waals surface area contributed by atoms with Crippen molar-refractivity contribution in [2.45, 2.75) is 19.0 Å². The van der Waals surface area contributed by atoms with Gasteiger partial charge in [-0.15, -0.1) is 0 Å². The van der Waals surface area contributed by atoms with Crippen molar-refractivity contribution in [3.05, 3.63) is 28.8 Å². The largest absolute Gasteiger partial charge is 0.393 e. The Hall–Kier alpha value is -1.23. The van der Waals surface area contributed by atoms with Gasteiger partial charge in [0, 0.05) is 24.3 Å². The second kappa shape index (κ2) is 5.41. The number of hydrogen-bond acceptors (Lipinski definition) is 2. The number of piperidine rings is 1. The summed E-state index contributed by atoms with van der Waals surface area (Å²) in [5, 5.41) is 0.265. The topological polar surface area (TPSA) is 20.3 Å². The van der Waals surface area contributed by atoms with E-state index in [9.17, 15) is 18.0 Å². The van der Waals surface area contributed by atoms with Crippen molar-refractivity contribution in [2.75, 3.05) is 18.0 Å². The lowest BCUT2D eigenvalue weighted by atomic mass is 9.97. The molecule has 1 heterocycles. The summed E-state index contributed by atoms with van der Waals surface area (Å²) in [5.41, 5.74) is 0.972. The van der Waals surface area contributed by atoms with E-state index in [2.05, 4.69) is 0 Å². The van der Waals surface area contributed by atoms with Crippen molar-refractivity contribution in [2.24, 2.45) is 5.92 Å². The van der Waals surface area contributed by atoms with Gasteiger partial charge < -0.3 is 4.90 Å². The van der Waals surface area contributed by atoms with Gasteiger partial charge in [-0.1, -0.05) is 11.6 Å². The Morgan fingerprint density at radius 2 is 2.11 bits per heavy atom. The summed E-state index contributed by atoms with van der Waals surface area (Å²) in [6.45, 7) is 0.517. The Morgan fingerprint density at radius 3 is 2.68 bits per heavy atom. The molecule has 1 aliphatic rings. The first-order valence-corrected chi connectivity index (χ1v) is 6.36. The number of carbonyl (C=O) groups excluding carboxylic acids is 1. The van der Waals surface area contributed by atoms with Gasteiger partial charge in [0.05, 0.1) is 10.9 Å². The third-order valence-electron chi connectivity index (χ3n) is 3.36. The van der Waals surface area contributed by atoms with Gasteiger partial charge in [0.15, 0.2) is 6.29 Å². The molecular formula is C13H13ClF3NO. The Bertz CT molecular complexity index is 475. The summed E-state index contributed by atoms with van der Waals surface area (Å²) in [6, 6.07) is 4.71. The van der Waals surface area contributed by atoms with Crippen LogP contribution < -0.4 is 4.90 Å². The van der Waals surface area contributed by atoms with Crippen molar-refractivity contribution >= 4 is 23.6 Å². The molecule has 0 aliphatic carbocycles. The van der Waals surface area contributed by atoms with E-state index in [1.807, 2.05) is 0 Å². The van der Waals surface area contributed by atoms with Gasteiger partial charge in [-0.2, -0.15) is 13.2 Å². The Kier molecular flexibility index (Phi) is 4.04. The molecule has 104 valence electrons. The van der Waals surface area contributed by atoms with E-state index < -0.39 is 12.1 Å². The third kappa shape index (κ3) is 3.21. The van der Waals surface area contributed by atoms with E-state index >= 15 is 0 Å². The summed E-state index contributed by atoms with van der Waals surface area (Å²) in [7, 11) is 0. The molecule has 2 nitrogen and oxygen atoms in total. The second-order valence-corrected chi connectivity index (χ2v) is 5.06. The van der Waals surface area contributed by atoms with Gasteiger partial charge in [0.25, 0.3) is 0 Å².